The molecule has 4 heteroatoms. The maximum Gasteiger partial charge on any atom is 0.267 e. The molecule has 0 rings (SSSR count). The zero-order valence-electron chi connectivity index (χ0n) is 7.33. The third kappa shape index (κ3) is 6.31. The summed E-state index contributed by atoms with van der Waals surface area (Å²) in [5.41, 5.74) is 0. The highest BCUT2D eigenvalue weighted by Gasteiger charge is 2.11. The van der Waals surface area contributed by atoms with Gasteiger partial charge in [0, 0.05) is 0 Å². The van der Waals surface area contributed by atoms with E-state index in [1.54, 1.807) is 13.8 Å². The molecule has 0 amide bonds. The molecule has 0 N–H and O–H groups in total. The Morgan fingerprint density at radius 3 is 2.27 bits per heavy atom. The molecule has 0 aromatic rings. The molecule has 0 saturated heterocycles. The predicted molar refractivity (Wildman–Crippen MR) is 44.9 cm³/mol. The highest BCUT2D eigenvalue weighted by Crippen LogP contribution is 2.02. The first-order chi connectivity index (χ1) is 4.98. The molecule has 0 spiro atoms. The number of unbranched alkanes of at least 4 members (excludes halogenated alkanes) is 1. The van der Waals surface area contributed by atoms with E-state index in [4.69, 9.17) is 4.18 Å². The highest BCUT2D eigenvalue weighted by molar-refractivity contribution is 7.86. The monoisotopic (exact) mass is 180 g/mol. The van der Waals surface area contributed by atoms with Gasteiger partial charge in [0.25, 0.3) is 10.1 Å². The molecule has 0 atom stereocenters. The van der Waals surface area contributed by atoms with E-state index in [2.05, 4.69) is 0 Å². The quantitative estimate of drug-likeness (QED) is 0.603. The van der Waals surface area contributed by atoms with E-state index in [1.165, 1.54) is 0 Å². The van der Waals surface area contributed by atoms with Gasteiger partial charge in [-0.2, -0.15) is 8.42 Å². The van der Waals surface area contributed by atoms with E-state index < -0.39 is 10.1 Å². The Bertz CT molecular complexity index is 182. The van der Waals surface area contributed by atoms with E-state index in [0.29, 0.717) is 6.42 Å². The predicted octanol–water partition coefficient (Wildman–Crippen LogP) is 1.54. The molecule has 11 heavy (non-hydrogen) atoms. The van der Waals surface area contributed by atoms with Gasteiger partial charge in [0.2, 0.25) is 0 Å². The summed E-state index contributed by atoms with van der Waals surface area (Å²) in [5.74, 6) is 0.141. The van der Waals surface area contributed by atoms with Crippen molar-refractivity contribution in [2.45, 2.75) is 39.7 Å². The van der Waals surface area contributed by atoms with Crippen LogP contribution in [0.5, 0.6) is 0 Å². The topological polar surface area (TPSA) is 43.4 Å². The maximum atomic E-state index is 11.0. The van der Waals surface area contributed by atoms with Gasteiger partial charge >= 0.3 is 0 Å². The number of rotatable bonds is 5. The van der Waals surface area contributed by atoms with Crippen LogP contribution in [0.3, 0.4) is 0 Å². The normalized spacial score (nSPS) is 12.4. The molecule has 0 fully saturated rings. The SMILES string of the molecule is CCCCS(=O)(=O)OC(C)C. The van der Waals surface area contributed by atoms with Crippen LogP contribution in [0.1, 0.15) is 33.6 Å². The van der Waals surface area contributed by atoms with Crippen LogP contribution in [-0.4, -0.2) is 20.3 Å². The van der Waals surface area contributed by atoms with Crippen LogP contribution in [0.25, 0.3) is 0 Å². The lowest BCUT2D eigenvalue weighted by Gasteiger charge is -2.06. The summed E-state index contributed by atoms with van der Waals surface area (Å²) in [4.78, 5) is 0. The minimum Gasteiger partial charge on any atom is -0.267 e. The third-order valence-electron chi connectivity index (χ3n) is 1.09. The lowest BCUT2D eigenvalue weighted by atomic mass is 10.4. The van der Waals surface area contributed by atoms with Crippen LogP contribution < -0.4 is 0 Å². The number of hydrogen-bond acceptors (Lipinski definition) is 3. The van der Waals surface area contributed by atoms with Crippen LogP contribution in [0.2, 0.25) is 0 Å². The lowest BCUT2D eigenvalue weighted by molar-refractivity contribution is 0.248. The first kappa shape index (κ1) is 10.9. The second kappa shape index (κ2) is 4.72. The summed E-state index contributed by atoms with van der Waals surface area (Å²) in [6.45, 7) is 5.37. The van der Waals surface area contributed by atoms with Crippen molar-refractivity contribution in [1.82, 2.24) is 0 Å². The van der Waals surface area contributed by atoms with Gasteiger partial charge in [-0.1, -0.05) is 13.3 Å². The summed E-state index contributed by atoms with van der Waals surface area (Å²) in [5, 5.41) is 0. The van der Waals surface area contributed by atoms with Gasteiger partial charge in [-0.15, -0.1) is 0 Å². The fraction of sp³-hybridized carbons (Fsp3) is 1.00. The Kier molecular flexibility index (Phi) is 4.68. The molecule has 0 aliphatic rings. The average molecular weight is 180 g/mol. The Balaban J connectivity index is 3.82. The Morgan fingerprint density at radius 2 is 1.91 bits per heavy atom. The van der Waals surface area contributed by atoms with Gasteiger partial charge in [0.05, 0.1) is 11.9 Å². The second-order valence-electron chi connectivity index (χ2n) is 2.76. The Labute approximate surface area is 68.9 Å². The minimum atomic E-state index is -3.24. The Hall–Kier alpha value is -0.0900. The van der Waals surface area contributed by atoms with Crippen molar-refractivity contribution in [3.05, 3.63) is 0 Å². The van der Waals surface area contributed by atoms with Crippen molar-refractivity contribution in [2.75, 3.05) is 5.75 Å². The molecule has 0 bridgehead atoms. The van der Waals surface area contributed by atoms with Crippen molar-refractivity contribution >= 4 is 10.1 Å². The first-order valence-corrected chi connectivity index (χ1v) is 5.46. The van der Waals surface area contributed by atoms with E-state index >= 15 is 0 Å². The molecule has 0 aromatic heterocycles. The maximum absolute atomic E-state index is 11.0. The molecule has 0 aliphatic carbocycles. The third-order valence-corrected chi connectivity index (χ3v) is 2.55. The van der Waals surface area contributed by atoms with Gasteiger partial charge in [0.15, 0.2) is 0 Å². The molecule has 68 valence electrons. The van der Waals surface area contributed by atoms with Crippen molar-refractivity contribution < 1.29 is 12.6 Å². The van der Waals surface area contributed by atoms with Crippen molar-refractivity contribution in [3.63, 3.8) is 0 Å². The van der Waals surface area contributed by atoms with Gasteiger partial charge in [0.1, 0.15) is 0 Å². The largest absolute Gasteiger partial charge is 0.267 e. The van der Waals surface area contributed by atoms with Crippen LogP contribution in [0, 0.1) is 0 Å². The van der Waals surface area contributed by atoms with Crippen LogP contribution in [0.15, 0.2) is 0 Å². The molecular formula is C7H16O3S. The van der Waals surface area contributed by atoms with Gasteiger partial charge in [-0.05, 0) is 20.3 Å². The standard InChI is InChI=1S/C7H16O3S/c1-4-5-6-11(8,9)10-7(2)3/h7H,4-6H2,1-3H3. The van der Waals surface area contributed by atoms with Gasteiger partial charge in [-0.25, -0.2) is 0 Å². The number of hydrogen-bond donors (Lipinski definition) is 0. The average Bonchev–Trinajstić information content (AvgIpc) is 1.81. The van der Waals surface area contributed by atoms with Crippen LogP contribution in [0.4, 0.5) is 0 Å². The lowest BCUT2D eigenvalue weighted by Crippen LogP contribution is -2.15. The molecular weight excluding hydrogens is 164 g/mol. The van der Waals surface area contributed by atoms with Crippen molar-refractivity contribution in [1.29, 1.82) is 0 Å². The van der Waals surface area contributed by atoms with E-state index in [9.17, 15) is 8.42 Å². The molecule has 0 radical (unpaired) electrons. The Morgan fingerprint density at radius 1 is 1.36 bits per heavy atom. The minimum absolute atomic E-state index is 0.141. The smallest absolute Gasteiger partial charge is 0.267 e. The molecule has 3 nitrogen and oxygen atoms in total. The zero-order valence-corrected chi connectivity index (χ0v) is 8.15. The summed E-state index contributed by atoms with van der Waals surface area (Å²) in [6, 6.07) is 0. The fourth-order valence-corrected chi connectivity index (χ4v) is 1.99. The zero-order chi connectivity index (χ0) is 8.91. The molecule has 0 unspecified atom stereocenters. The van der Waals surface area contributed by atoms with E-state index in [0.717, 1.165) is 6.42 Å². The molecule has 0 aromatic carbocycles. The van der Waals surface area contributed by atoms with Gasteiger partial charge < -0.3 is 0 Å². The summed E-state index contributed by atoms with van der Waals surface area (Å²) in [6.07, 6.45) is 1.31. The highest BCUT2D eigenvalue weighted by atomic mass is 32.2. The second-order valence-corrected chi connectivity index (χ2v) is 4.48. The van der Waals surface area contributed by atoms with E-state index in [-0.39, 0.29) is 11.9 Å². The summed E-state index contributed by atoms with van der Waals surface area (Å²) < 4.78 is 26.7. The van der Waals surface area contributed by atoms with Gasteiger partial charge in [-0.3, -0.25) is 4.18 Å². The molecule has 0 saturated carbocycles. The summed E-state index contributed by atoms with van der Waals surface area (Å²) in [7, 11) is -3.24. The first-order valence-electron chi connectivity index (χ1n) is 3.89. The fourth-order valence-electron chi connectivity index (χ4n) is 0.662. The van der Waals surface area contributed by atoms with Crippen LogP contribution in [-0.2, 0) is 14.3 Å². The van der Waals surface area contributed by atoms with Crippen molar-refractivity contribution in [2.24, 2.45) is 0 Å². The summed E-state index contributed by atoms with van der Waals surface area (Å²) >= 11 is 0. The van der Waals surface area contributed by atoms with Crippen molar-refractivity contribution in [3.8, 4) is 0 Å². The van der Waals surface area contributed by atoms with Crippen LogP contribution >= 0.6 is 0 Å². The molecule has 0 aliphatic heterocycles. The van der Waals surface area contributed by atoms with E-state index in [1.807, 2.05) is 6.92 Å². The molecule has 0 heterocycles.